The number of aromatic nitrogens is 3. The monoisotopic (exact) mass is 533 g/mol. The molecule has 1 aliphatic heterocycles. The molecule has 6 rings (SSSR count). The summed E-state index contributed by atoms with van der Waals surface area (Å²) in [4.78, 5) is 31.2. The Hall–Kier alpha value is -4.40. The zero-order valence-corrected chi connectivity index (χ0v) is 22.5. The molecule has 0 saturated carbocycles. The molecule has 0 bridgehead atoms. The molecule has 8 heteroatoms. The van der Waals surface area contributed by atoms with Gasteiger partial charge in [0.1, 0.15) is 5.75 Å². The van der Waals surface area contributed by atoms with Gasteiger partial charge in [-0.05, 0) is 35.9 Å². The number of methoxy groups -OCH3 is 1. The number of carbonyl (C=O) groups excluding carboxylic acids is 1. The van der Waals surface area contributed by atoms with Crippen LogP contribution in [0.2, 0.25) is 0 Å². The molecule has 0 aliphatic carbocycles. The second kappa shape index (κ2) is 11.8. The van der Waals surface area contributed by atoms with Gasteiger partial charge in [0.15, 0.2) is 17.0 Å². The molecule has 8 nitrogen and oxygen atoms in total. The third kappa shape index (κ3) is 5.93. The summed E-state index contributed by atoms with van der Waals surface area (Å²) < 4.78 is 11.5. The molecular weight excluding hydrogens is 502 g/mol. The molecular formula is C32H31N5O3. The van der Waals surface area contributed by atoms with Crippen LogP contribution in [0.1, 0.15) is 27.2 Å². The molecule has 0 N–H and O–H groups in total. The average Bonchev–Trinajstić information content (AvgIpc) is 3.44. The van der Waals surface area contributed by atoms with E-state index >= 15 is 0 Å². The van der Waals surface area contributed by atoms with Crippen LogP contribution < -0.4 is 4.74 Å². The maximum absolute atomic E-state index is 13.2. The number of fused-ring (bicyclic) bond motifs is 1. The number of rotatable bonds is 9. The number of hydrogen-bond donors (Lipinski definition) is 0. The molecule has 0 unspecified atom stereocenters. The summed E-state index contributed by atoms with van der Waals surface area (Å²) in [6, 6.07) is 23.7. The number of nitrogens with zero attached hydrogens (tertiary/aromatic N) is 5. The predicted molar refractivity (Wildman–Crippen MR) is 153 cm³/mol. The van der Waals surface area contributed by atoms with Crippen molar-refractivity contribution in [1.82, 2.24) is 24.8 Å². The summed E-state index contributed by atoms with van der Waals surface area (Å²) in [6.07, 6.45) is 3.51. The summed E-state index contributed by atoms with van der Waals surface area (Å²) >= 11 is 0. The first kappa shape index (κ1) is 25.9. The van der Waals surface area contributed by atoms with E-state index in [2.05, 4.69) is 55.1 Å². The fraction of sp³-hybridized carbons (Fsp3) is 0.250. The third-order valence-corrected chi connectivity index (χ3v) is 7.29. The van der Waals surface area contributed by atoms with Gasteiger partial charge in [0.25, 0.3) is 0 Å². The summed E-state index contributed by atoms with van der Waals surface area (Å²) in [5.41, 5.74) is 5.61. The first-order chi connectivity index (χ1) is 19.6. The van der Waals surface area contributed by atoms with Crippen LogP contribution >= 0.6 is 0 Å². The van der Waals surface area contributed by atoms with Crippen molar-refractivity contribution in [2.75, 3.05) is 33.3 Å². The second-order valence-corrected chi connectivity index (χ2v) is 10.0. The van der Waals surface area contributed by atoms with Crippen LogP contribution in [0.4, 0.5) is 0 Å². The summed E-state index contributed by atoms with van der Waals surface area (Å²) in [5, 5.41) is 0. The van der Waals surface area contributed by atoms with Crippen LogP contribution in [0, 0.1) is 0 Å². The number of piperazine rings is 1. The number of carbonyl (C=O) groups is 1. The lowest BCUT2D eigenvalue weighted by atomic mass is 10.0. The van der Waals surface area contributed by atoms with E-state index in [1.165, 1.54) is 5.56 Å². The number of oxazole rings is 1. The Morgan fingerprint density at radius 1 is 0.875 bits per heavy atom. The molecule has 202 valence electrons. The smallest absolute Gasteiger partial charge is 0.229 e. The van der Waals surface area contributed by atoms with Crippen LogP contribution in [0.3, 0.4) is 0 Å². The van der Waals surface area contributed by atoms with Gasteiger partial charge in [-0.25, -0.2) is 4.98 Å². The highest BCUT2D eigenvalue weighted by atomic mass is 16.5. The van der Waals surface area contributed by atoms with E-state index < -0.39 is 0 Å². The lowest BCUT2D eigenvalue weighted by Crippen LogP contribution is -2.45. The SMILES string of the molecule is COc1cc(C(=O)Cc2cc(-c3nc4ncccc4o3)ccn2)ccc1CN1CCN(Cc2ccccc2)CC1. The van der Waals surface area contributed by atoms with E-state index in [0.717, 1.165) is 56.1 Å². The maximum Gasteiger partial charge on any atom is 0.229 e. The number of ketones is 1. The Kier molecular flexibility index (Phi) is 7.61. The largest absolute Gasteiger partial charge is 0.496 e. The zero-order valence-electron chi connectivity index (χ0n) is 22.5. The molecule has 40 heavy (non-hydrogen) atoms. The minimum atomic E-state index is -0.0248. The Bertz CT molecular complexity index is 1580. The van der Waals surface area contributed by atoms with Gasteiger partial charge in [0.05, 0.1) is 13.5 Å². The fourth-order valence-corrected chi connectivity index (χ4v) is 5.10. The van der Waals surface area contributed by atoms with Crippen molar-refractivity contribution in [3.63, 3.8) is 0 Å². The number of pyridine rings is 2. The number of hydrogen-bond acceptors (Lipinski definition) is 8. The van der Waals surface area contributed by atoms with Gasteiger partial charge >= 0.3 is 0 Å². The number of ether oxygens (including phenoxy) is 1. The van der Waals surface area contributed by atoms with Crippen molar-refractivity contribution in [2.24, 2.45) is 0 Å². The number of benzene rings is 2. The Morgan fingerprint density at radius 2 is 1.68 bits per heavy atom. The summed E-state index contributed by atoms with van der Waals surface area (Å²) in [7, 11) is 1.66. The molecule has 0 radical (unpaired) electrons. The van der Waals surface area contributed by atoms with Gasteiger partial charge in [-0.3, -0.25) is 19.6 Å². The van der Waals surface area contributed by atoms with Crippen molar-refractivity contribution < 1.29 is 13.9 Å². The first-order valence-electron chi connectivity index (χ1n) is 13.5. The average molecular weight is 534 g/mol. The maximum atomic E-state index is 13.2. The fourth-order valence-electron chi connectivity index (χ4n) is 5.10. The lowest BCUT2D eigenvalue weighted by molar-refractivity contribution is 0.0991. The van der Waals surface area contributed by atoms with Gasteiger partial charge < -0.3 is 9.15 Å². The minimum absolute atomic E-state index is 0.0248. The first-order valence-corrected chi connectivity index (χ1v) is 13.5. The molecule has 4 heterocycles. The molecule has 3 aromatic heterocycles. The van der Waals surface area contributed by atoms with Gasteiger partial charge in [0, 0.05) is 74.0 Å². The number of Topliss-reactive ketones (excluding diaryl/α,β-unsaturated/α-hetero) is 1. The zero-order chi connectivity index (χ0) is 27.3. The van der Waals surface area contributed by atoms with Crippen molar-refractivity contribution in [3.8, 4) is 17.2 Å². The molecule has 2 aromatic carbocycles. The van der Waals surface area contributed by atoms with E-state index in [1.54, 1.807) is 25.6 Å². The van der Waals surface area contributed by atoms with E-state index in [1.807, 2.05) is 36.4 Å². The summed E-state index contributed by atoms with van der Waals surface area (Å²) in [6.45, 7) is 5.82. The van der Waals surface area contributed by atoms with Crippen LogP contribution in [0.15, 0.2) is 89.6 Å². The molecule has 5 aromatic rings. The van der Waals surface area contributed by atoms with Crippen LogP contribution in [0.5, 0.6) is 5.75 Å². The molecule has 0 amide bonds. The Labute approximate surface area is 233 Å². The van der Waals surface area contributed by atoms with E-state index in [-0.39, 0.29) is 12.2 Å². The van der Waals surface area contributed by atoms with E-state index in [4.69, 9.17) is 9.15 Å². The third-order valence-electron chi connectivity index (χ3n) is 7.29. The van der Waals surface area contributed by atoms with Crippen LogP contribution in [-0.4, -0.2) is 63.8 Å². The standard InChI is InChI=1S/C32H31N5O3/c1-39-30-19-24(9-10-26(30)22-37-16-14-36(15-17-37)21-23-6-3-2-4-7-23)28(38)20-27-18-25(11-13-33-27)32-35-31-29(40-32)8-5-12-34-31/h2-13,18-19H,14-17,20-22H2,1H3. The molecule has 0 spiro atoms. The normalized spacial score (nSPS) is 14.4. The van der Waals surface area contributed by atoms with Gasteiger partial charge in [-0.15, -0.1) is 0 Å². The molecule has 1 aliphatic rings. The van der Waals surface area contributed by atoms with Crippen molar-refractivity contribution in [1.29, 1.82) is 0 Å². The van der Waals surface area contributed by atoms with Crippen LogP contribution in [0.25, 0.3) is 22.7 Å². The predicted octanol–water partition coefficient (Wildman–Crippen LogP) is 5.04. The van der Waals surface area contributed by atoms with Crippen molar-refractivity contribution >= 4 is 17.0 Å². The van der Waals surface area contributed by atoms with Crippen LogP contribution in [-0.2, 0) is 19.5 Å². The highest BCUT2D eigenvalue weighted by molar-refractivity contribution is 5.97. The van der Waals surface area contributed by atoms with Gasteiger partial charge in [-0.2, -0.15) is 4.98 Å². The quantitative estimate of drug-likeness (QED) is 0.244. The molecule has 1 fully saturated rings. The van der Waals surface area contributed by atoms with Gasteiger partial charge in [0.2, 0.25) is 5.89 Å². The lowest BCUT2D eigenvalue weighted by Gasteiger charge is -2.35. The molecule has 1 saturated heterocycles. The van der Waals surface area contributed by atoms with Crippen molar-refractivity contribution in [2.45, 2.75) is 19.5 Å². The second-order valence-electron chi connectivity index (χ2n) is 10.0. The highest BCUT2D eigenvalue weighted by Gasteiger charge is 2.20. The van der Waals surface area contributed by atoms with E-state index in [0.29, 0.717) is 28.4 Å². The highest BCUT2D eigenvalue weighted by Crippen LogP contribution is 2.26. The topological polar surface area (TPSA) is 84.6 Å². The minimum Gasteiger partial charge on any atom is -0.496 e. The Morgan fingerprint density at radius 3 is 2.45 bits per heavy atom. The summed E-state index contributed by atoms with van der Waals surface area (Å²) in [5.74, 6) is 1.17. The Balaban J connectivity index is 1.08. The van der Waals surface area contributed by atoms with Gasteiger partial charge in [-0.1, -0.05) is 42.5 Å². The molecule has 0 atom stereocenters. The van der Waals surface area contributed by atoms with Crippen molar-refractivity contribution in [3.05, 3.63) is 108 Å². The van der Waals surface area contributed by atoms with E-state index in [9.17, 15) is 4.79 Å².